The molecule has 0 radical (unpaired) electrons. The monoisotopic (exact) mass is 372 g/mol. The zero-order chi connectivity index (χ0) is 19.3. The number of rotatable bonds is 5. The molecule has 142 valence electrons. The number of aliphatic hydroxyl groups excluding tert-OH is 1. The lowest BCUT2D eigenvalue weighted by Crippen LogP contribution is -2.35. The Labute approximate surface area is 164 Å². The van der Waals surface area contributed by atoms with Gasteiger partial charge in [-0.3, -0.25) is 4.90 Å². The van der Waals surface area contributed by atoms with Gasteiger partial charge in [-0.15, -0.1) is 0 Å². The van der Waals surface area contributed by atoms with Crippen molar-refractivity contribution in [3.8, 4) is 6.07 Å². The van der Waals surface area contributed by atoms with E-state index >= 15 is 0 Å². The molecule has 0 bridgehead atoms. The largest absolute Gasteiger partial charge is 0.509 e. The van der Waals surface area contributed by atoms with Crippen LogP contribution in [0.4, 0.5) is 0 Å². The smallest absolute Gasteiger partial charge is 0.152 e. The van der Waals surface area contributed by atoms with E-state index in [0.717, 1.165) is 43.4 Å². The lowest BCUT2D eigenvalue weighted by molar-refractivity contribution is 0.177. The molecule has 0 spiro atoms. The molecule has 1 aromatic heterocycles. The third-order valence-electron chi connectivity index (χ3n) is 5.47. The van der Waals surface area contributed by atoms with Gasteiger partial charge in [0, 0.05) is 0 Å². The summed E-state index contributed by atoms with van der Waals surface area (Å²) in [4.78, 5) is 9.79. The zero-order valence-electron chi connectivity index (χ0n) is 15.8. The first-order valence-corrected chi connectivity index (χ1v) is 9.76. The minimum absolute atomic E-state index is 0.0862. The first-order chi connectivity index (χ1) is 13.7. The molecule has 1 aliphatic rings. The lowest BCUT2D eigenvalue weighted by atomic mass is 9.90. The number of aliphatic hydroxyl groups is 1. The van der Waals surface area contributed by atoms with Crippen LogP contribution in [0.5, 0.6) is 0 Å². The maximum Gasteiger partial charge on any atom is 0.152 e. The highest BCUT2D eigenvalue weighted by atomic mass is 16.3. The number of aromatic nitrogens is 2. The van der Waals surface area contributed by atoms with E-state index in [1.807, 2.05) is 24.3 Å². The minimum Gasteiger partial charge on any atom is -0.509 e. The Morgan fingerprint density at radius 1 is 1.11 bits per heavy atom. The lowest BCUT2D eigenvalue weighted by Gasteiger charge is -2.31. The average Bonchev–Trinajstić information content (AvgIpc) is 3.14. The Bertz CT molecular complexity index is 975. The zero-order valence-corrected chi connectivity index (χ0v) is 15.8. The quantitative estimate of drug-likeness (QED) is 0.517. The fraction of sp³-hybridized carbons (Fsp3) is 0.304. The fourth-order valence-electron chi connectivity index (χ4n) is 3.91. The van der Waals surface area contributed by atoms with Gasteiger partial charge in [0.1, 0.15) is 17.4 Å². The van der Waals surface area contributed by atoms with E-state index in [2.05, 4.69) is 51.3 Å². The molecule has 2 N–H and O–H groups in total. The van der Waals surface area contributed by atoms with Crippen molar-refractivity contribution in [3.63, 3.8) is 0 Å². The van der Waals surface area contributed by atoms with Gasteiger partial charge in [-0.25, -0.2) is 4.98 Å². The summed E-state index contributed by atoms with van der Waals surface area (Å²) < 4.78 is 0. The summed E-state index contributed by atoms with van der Waals surface area (Å²) in [5, 5.41) is 20.2. The molecule has 5 nitrogen and oxygen atoms in total. The number of nitrogens with one attached hydrogen (secondary N) is 1. The van der Waals surface area contributed by atoms with E-state index in [9.17, 15) is 10.4 Å². The van der Waals surface area contributed by atoms with Gasteiger partial charge in [-0.2, -0.15) is 5.26 Å². The number of hydrogen-bond donors (Lipinski definition) is 2. The molecule has 0 aliphatic carbocycles. The van der Waals surface area contributed by atoms with Crippen LogP contribution in [0.15, 0.2) is 60.4 Å². The number of hydrogen-bond acceptors (Lipinski definition) is 4. The van der Waals surface area contributed by atoms with Crippen molar-refractivity contribution in [2.75, 3.05) is 19.6 Å². The van der Waals surface area contributed by atoms with Gasteiger partial charge in [-0.1, -0.05) is 42.5 Å². The summed E-state index contributed by atoms with van der Waals surface area (Å²) in [6.07, 6.45) is 3.32. The van der Waals surface area contributed by atoms with Crippen molar-refractivity contribution in [3.05, 3.63) is 71.7 Å². The van der Waals surface area contributed by atoms with Crippen LogP contribution in [0.2, 0.25) is 0 Å². The highest BCUT2D eigenvalue weighted by Gasteiger charge is 2.22. The van der Waals surface area contributed by atoms with Crippen molar-refractivity contribution in [1.82, 2.24) is 14.9 Å². The third kappa shape index (κ3) is 4.08. The number of aromatic amines is 1. The first-order valence-electron chi connectivity index (χ1n) is 9.76. The molecule has 3 aromatic rings. The van der Waals surface area contributed by atoms with Gasteiger partial charge < -0.3 is 10.1 Å². The first kappa shape index (κ1) is 18.3. The third-order valence-corrected chi connectivity index (χ3v) is 5.47. The molecule has 1 fully saturated rings. The van der Waals surface area contributed by atoms with Crippen molar-refractivity contribution in [2.45, 2.75) is 19.3 Å². The van der Waals surface area contributed by atoms with E-state index in [1.54, 1.807) is 0 Å². The van der Waals surface area contributed by atoms with E-state index in [0.29, 0.717) is 18.3 Å². The average molecular weight is 372 g/mol. The maximum absolute atomic E-state index is 10.6. The van der Waals surface area contributed by atoms with Crippen LogP contribution in [0.25, 0.3) is 16.6 Å². The van der Waals surface area contributed by atoms with Gasteiger partial charge >= 0.3 is 0 Å². The number of allylic oxidation sites excluding steroid dienone is 1. The minimum atomic E-state index is 0.0862. The number of para-hydroxylation sites is 2. The van der Waals surface area contributed by atoms with Gasteiger partial charge in [0.15, 0.2) is 5.82 Å². The van der Waals surface area contributed by atoms with Crippen LogP contribution in [0.1, 0.15) is 24.2 Å². The van der Waals surface area contributed by atoms with E-state index in [1.165, 1.54) is 5.56 Å². The van der Waals surface area contributed by atoms with Crippen molar-refractivity contribution in [1.29, 1.82) is 5.26 Å². The Hall–Kier alpha value is -3.10. The number of nitrogens with zero attached hydrogens (tertiary/aromatic N) is 3. The molecule has 2 aromatic carbocycles. The number of likely N-dealkylation sites (tertiary alicyclic amines) is 1. The van der Waals surface area contributed by atoms with Crippen molar-refractivity contribution < 1.29 is 5.11 Å². The highest BCUT2D eigenvalue weighted by molar-refractivity contribution is 5.82. The van der Waals surface area contributed by atoms with E-state index in [4.69, 9.17) is 0 Å². The van der Waals surface area contributed by atoms with Crippen LogP contribution >= 0.6 is 0 Å². The summed E-state index contributed by atoms with van der Waals surface area (Å²) in [5.74, 6) is 1.19. The van der Waals surface area contributed by atoms with Gasteiger partial charge in [0.2, 0.25) is 0 Å². The van der Waals surface area contributed by atoms with Crippen LogP contribution < -0.4 is 0 Å². The summed E-state index contributed by atoms with van der Waals surface area (Å²) in [6, 6.07) is 20.4. The number of piperidine rings is 1. The Balaban J connectivity index is 1.40. The predicted octanol–water partition coefficient (Wildman–Crippen LogP) is 4.31. The van der Waals surface area contributed by atoms with Crippen molar-refractivity contribution >= 4 is 16.6 Å². The molecular formula is C23H24N4O. The number of imidazole rings is 1. The summed E-state index contributed by atoms with van der Waals surface area (Å²) in [6.45, 7) is 2.25. The standard InChI is InChI=1S/C23H24N4O/c24-15-19(23-25-20-8-4-5-9-21(20)26-23)22(28)16-27-12-10-18(11-13-27)14-17-6-2-1-3-7-17/h1-9,18,28H,10-14,16H2,(H,25,26)/b22-19-. The molecule has 0 saturated carbocycles. The molecule has 0 unspecified atom stereocenters. The fourth-order valence-corrected chi connectivity index (χ4v) is 3.91. The second kappa shape index (κ2) is 8.28. The van der Waals surface area contributed by atoms with Crippen molar-refractivity contribution in [2.24, 2.45) is 5.92 Å². The predicted molar refractivity (Wildman–Crippen MR) is 111 cm³/mol. The molecule has 1 aliphatic heterocycles. The number of fused-ring (bicyclic) bond motifs is 1. The molecule has 4 rings (SSSR count). The van der Waals surface area contributed by atoms with Crippen LogP contribution in [-0.4, -0.2) is 39.6 Å². The number of benzene rings is 2. The molecule has 1 saturated heterocycles. The molecular weight excluding hydrogens is 348 g/mol. The summed E-state index contributed by atoms with van der Waals surface area (Å²) in [5.41, 5.74) is 3.27. The summed E-state index contributed by atoms with van der Waals surface area (Å²) >= 11 is 0. The molecule has 5 heteroatoms. The number of H-pyrrole nitrogens is 1. The van der Waals surface area contributed by atoms with E-state index < -0.39 is 0 Å². The van der Waals surface area contributed by atoms with Crippen LogP contribution in [-0.2, 0) is 6.42 Å². The summed E-state index contributed by atoms with van der Waals surface area (Å²) in [7, 11) is 0. The highest BCUT2D eigenvalue weighted by Crippen LogP contribution is 2.24. The van der Waals surface area contributed by atoms with Crippen LogP contribution in [0.3, 0.4) is 0 Å². The van der Waals surface area contributed by atoms with Gasteiger partial charge in [0.25, 0.3) is 0 Å². The maximum atomic E-state index is 10.6. The second-order valence-corrected chi connectivity index (χ2v) is 7.45. The molecule has 0 amide bonds. The SMILES string of the molecule is N#C/C(=C(/O)CN1CCC(Cc2ccccc2)CC1)c1nc2ccccc2[nH]1. The normalized spacial score (nSPS) is 16.7. The Morgan fingerprint density at radius 2 is 1.82 bits per heavy atom. The number of nitriles is 1. The topological polar surface area (TPSA) is 75.9 Å². The van der Waals surface area contributed by atoms with Gasteiger partial charge in [0.05, 0.1) is 17.6 Å². The molecule has 28 heavy (non-hydrogen) atoms. The Morgan fingerprint density at radius 3 is 2.54 bits per heavy atom. The molecule has 2 heterocycles. The molecule has 0 atom stereocenters. The Kier molecular flexibility index (Phi) is 5.41. The van der Waals surface area contributed by atoms with Gasteiger partial charge in [-0.05, 0) is 56.0 Å². The van der Waals surface area contributed by atoms with Crippen LogP contribution in [0, 0.1) is 17.2 Å². The second-order valence-electron chi connectivity index (χ2n) is 7.45. The van der Waals surface area contributed by atoms with E-state index in [-0.39, 0.29) is 11.3 Å².